The molecule has 0 spiro atoms. The van der Waals surface area contributed by atoms with Crippen LogP contribution in [0.15, 0.2) is 48.6 Å². The molecule has 1 unspecified atom stereocenters. The molecule has 11 nitrogen and oxygen atoms in total. The first-order chi connectivity index (χ1) is 25.6. The van der Waals surface area contributed by atoms with Gasteiger partial charge in [-0.2, -0.15) is 0 Å². The van der Waals surface area contributed by atoms with Crippen LogP contribution in [0.3, 0.4) is 0 Å². The van der Waals surface area contributed by atoms with Gasteiger partial charge in [0, 0.05) is 12.8 Å². The summed E-state index contributed by atoms with van der Waals surface area (Å²) in [6, 6.07) is -1.53. The average Bonchev–Trinajstić information content (AvgIpc) is 3.13. The molecule has 0 rings (SSSR count). The lowest BCUT2D eigenvalue weighted by atomic mass is 10.1. The number of aliphatic carboxylic acids is 1. The Hall–Kier alpha value is -2.56. The van der Waals surface area contributed by atoms with Crippen molar-refractivity contribution in [1.82, 2.24) is 0 Å². The molecule has 0 bridgehead atoms. The molecule has 0 radical (unpaired) electrons. The number of carbonyl (C=O) groups excluding carboxylic acids is 2. The van der Waals surface area contributed by atoms with Crippen LogP contribution < -0.4 is 5.73 Å². The topological polar surface area (TPSA) is 172 Å². The third-order valence-electron chi connectivity index (χ3n) is 8.30. The standard InChI is InChI=1S/C41H72NO10P/c1-3-5-7-9-11-13-15-17-18-19-20-21-23-24-26-28-30-32-39(43)49-34-37(35-50-53(47,48)51-36-38(42)41(45)46)52-40(44)33-31-29-27-25-22-16-14-12-10-8-6-4-2/h11-14,17-18,20-21,37-38H,3-10,15-16,19,22-36,42H2,1-2H3,(H,45,46)(H,47,48)/b13-11-,14-12-,18-17-,21-20-/t37-,38+/m1/s1. The van der Waals surface area contributed by atoms with Crippen LogP contribution in [0.25, 0.3) is 0 Å². The Morgan fingerprint density at radius 3 is 1.51 bits per heavy atom. The molecule has 53 heavy (non-hydrogen) atoms. The van der Waals surface area contributed by atoms with Gasteiger partial charge in [0.25, 0.3) is 0 Å². The number of unbranched alkanes of at least 4 members (excludes halogenated alkanes) is 15. The molecule has 0 saturated carbocycles. The van der Waals surface area contributed by atoms with Gasteiger partial charge in [-0.05, 0) is 77.0 Å². The van der Waals surface area contributed by atoms with E-state index in [9.17, 15) is 23.8 Å². The summed E-state index contributed by atoms with van der Waals surface area (Å²) in [4.78, 5) is 45.8. The lowest BCUT2D eigenvalue weighted by Crippen LogP contribution is -2.34. The summed E-state index contributed by atoms with van der Waals surface area (Å²) < 4.78 is 32.6. The molecule has 306 valence electrons. The number of phosphoric acid groups is 1. The number of hydrogen-bond acceptors (Lipinski definition) is 9. The van der Waals surface area contributed by atoms with Gasteiger partial charge in [0.2, 0.25) is 0 Å². The summed E-state index contributed by atoms with van der Waals surface area (Å²) in [6.45, 7) is 2.70. The van der Waals surface area contributed by atoms with Crippen LogP contribution in [0.5, 0.6) is 0 Å². The Balaban J connectivity index is 4.45. The van der Waals surface area contributed by atoms with E-state index in [2.05, 4.69) is 67.0 Å². The Labute approximate surface area is 320 Å². The molecule has 4 N–H and O–H groups in total. The second kappa shape index (κ2) is 36.4. The van der Waals surface area contributed by atoms with E-state index in [1.54, 1.807) is 0 Å². The number of carbonyl (C=O) groups is 3. The first-order valence-corrected chi connectivity index (χ1v) is 21.7. The van der Waals surface area contributed by atoms with Crippen LogP contribution in [0.4, 0.5) is 0 Å². The molecule has 0 aromatic rings. The van der Waals surface area contributed by atoms with Gasteiger partial charge in [-0.25, -0.2) is 4.57 Å². The van der Waals surface area contributed by atoms with Crippen LogP contribution in [-0.4, -0.2) is 59.9 Å². The van der Waals surface area contributed by atoms with Gasteiger partial charge >= 0.3 is 25.7 Å². The van der Waals surface area contributed by atoms with Crippen LogP contribution in [-0.2, 0) is 37.5 Å². The summed E-state index contributed by atoms with van der Waals surface area (Å²) >= 11 is 0. The van der Waals surface area contributed by atoms with Gasteiger partial charge in [0.1, 0.15) is 12.6 Å². The highest BCUT2D eigenvalue weighted by Crippen LogP contribution is 2.43. The second-order valence-electron chi connectivity index (χ2n) is 13.4. The van der Waals surface area contributed by atoms with Crippen LogP contribution in [0, 0.1) is 0 Å². The second-order valence-corrected chi connectivity index (χ2v) is 14.9. The van der Waals surface area contributed by atoms with Crippen molar-refractivity contribution in [3.8, 4) is 0 Å². The van der Waals surface area contributed by atoms with Crippen LogP contribution >= 0.6 is 7.82 Å². The van der Waals surface area contributed by atoms with Crippen molar-refractivity contribution in [3.63, 3.8) is 0 Å². The largest absolute Gasteiger partial charge is 0.480 e. The lowest BCUT2D eigenvalue weighted by Gasteiger charge is -2.20. The quantitative estimate of drug-likeness (QED) is 0.0238. The maximum Gasteiger partial charge on any atom is 0.472 e. The SMILES string of the molecule is CCCCC/C=C\C/C=C\C/C=C\CCCCCCC(=O)OC[C@H](COP(=O)(O)OC[C@H](N)C(=O)O)OC(=O)CCCCCCC/C=C\CCCCC. The zero-order valence-corrected chi connectivity index (χ0v) is 33.7. The third kappa shape index (κ3) is 36.2. The number of ether oxygens (including phenoxy) is 2. The van der Waals surface area contributed by atoms with Crippen molar-refractivity contribution in [3.05, 3.63) is 48.6 Å². The van der Waals surface area contributed by atoms with Gasteiger partial charge in [-0.3, -0.25) is 23.4 Å². The van der Waals surface area contributed by atoms with Gasteiger partial charge in [-0.15, -0.1) is 0 Å². The Morgan fingerprint density at radius 1 is 0.585 bits per heavy atom. The lowest BCUT2D eigenvalue weighted by molar-refractivity contribution is -0.161. The molecule has 0 saturated heterocycles. The number of esters is 2. The number of rotatable bonds is 37. The molecular weight excluding hydrogens is 697 g/mol. The first kappa shape index (κ1) is 50.4. The van der Waals surface area contributed by atoms with E-state index in [1.807, 2.05) is 0 Å². The van der Waals surface area contributed by atoms with E-state index >= 15 is 0 Å². The summed E-state index contributed by atoms with van der Waals surface area (Å²) in [5.41, 5.74) is 5.32. The minimum atomic E-state index is -4.72. The average molecular weight is 770 g/mol. The van der Waals surface area contributed by atoms with E-state index in [-0.39, 0.29) is 19.4 Å². The number of carboxylic acids is 1. The molecule has 12 heteroatoms. The number of hydrogen-bond donors (Lipinski definition) is 3. The number of allylic oxidation sites excluding steroid dienone is 8. The zero-order chi connectivity index (χ0) is 39.3. The fraction of sp³-hybridized carbons (Fsp3) is 0.732. The van der Waals surface area contributed by atoms with Crippen LogP contribution in [0.2, 0.25) is 0 Å². The van der Waals surface area contributed by atoms with Gasteiger partial charge < -0.3 is 25.2 Å². The Kier molecular flexibility index (Phi) is 34.7. The minimum Gasteiger partial charge on any atom is -0.480 e. The van der Waals surface area contributed by atoms with E-state index in [1.165, 1.54) is 38.5 Å². The molecule has 3 atom stereocenters. The molecule has 0 heterocycles. The normalized spacial score (nSPS) is 14.3. The molecule has 0 aromatic carbocycles. The van der Waals surface area contributed by atoms with Crippen molar-refractivity contribution >= 4 is 25.7 Å². The molecule has 0 aromatic heterocycles. The smallest absolute Gasteiger partial charge is 0.472 e. The van der Waals surface area contributed by atoms with Gasteiger partial charge in [0.15, 0.2) is 6.10 Å². The molecule has 0 amide bonds. The van der Waals surface area contributed by atoms with Crippen molar-refractivity contribution in [1.29, 1.82) is 0 Å². The van der Waals surface area contributed by atoms with E-state index < -0.39 is 51.1 Å². The number of carboxylic acid groups (broad SMARTS) is 1. The predicted octanol–water partition coefficient (Wildman–Crippen LogP) is 10.2. The highest BCUT2D eigenvalue weighted by Gasteiger charge is 2.28. The monoisotopic (exact) mass is 769 g/mol. The van der Waals surface area contributed by atoms with Gasteiger partial charge in [0.05, 0.1) is 13.2 Å². The molecule has 0 fully saturated rings. The minimum absolute atomic E-state index is 0.144. The fourth-order valence-electron chi connectivity index (χ4n) is 5.06. The van der Waals surface area contributed by atoms with Crippen molar-refractivity contribution < 1.29 is 47.5 Å². The Morgan fingerprint density at radius 2 is 1.00 bits per heavy atom. The van der Waals surface area contributed by atoms with Crippen molar-refractivity contribution in [2.75, 3.05) is 19.8 Å². The van der Waals surface area contributed by atoms with Crippen molar-refractivity contribution in [2.45, 2.75) is 174 Å². The summed E-state index contributed by atoms with van der Waals surface area (Å²) in [5, 5.41) is 8.86. The first-order valence-electron chi connectivity index (χ1n) is 20.2. The van der Waals surface area contributed by atoms with Crippen LogP contribution in [0.1, 0.15) is 162 Å². The predicted molar refractivity (Wildman–Crippen MR) is 212 cm³/mol. The Bertz CT molecular complexity index is 1090. The number of nitrogens with two attached hydrogens (primary N) is 1. The maximum atomic E-state index is 12.6. The third-order valence-corrected chi connectivity index (χ3v) is 9.25. The molecule has 0 aliphatic carbocycles. The number of phosphoric ester groups is 1. The van der Waals surface area contributed by atoms with E-state index in [4.69, 9.17) is 24.8 Å². The fourth-order valence-corrected chi connectivity index (χ4v) is 5.84. The highest BCUT2D eigenvalue weighted by atomic mass is 31.2. The summed E-state index contributed by atoms with van der Waals surface area (Å²) in [6.07, 6.45) is 38.9. The highest BCUT2D eigenvalue weighted by molar-refractivity contribution is 7.47. The van der Waals surface area contributed by atoms with Crippen molar-refractivity contribution in [2.24, 2.45) is 5.73 Å². The molecule has 0 aliphatic rings. The maximum absolute atomic E-state index is 12.6. The zero-order valence-electron chi connectivity index (χ0n) is 32.8. The van der Waals surface area contributed by atoms with E-state index in [0.29, 0.717) is 12.8 Å². The molecular formula is C41H72NO10P. The summed E-state index contributed by atoms with van der Waals surface area (Å²) in [7, 11) is -4.72. The van der Waals surface area contributed by atoms with Gasteiger partial charge in [-0.1, -0.05) is 120 Å². The molecule has 0 aliphatic heterocycles. The summed E-state index contributed by atoms with van der Waals surface area (Å²) in [5.74, 6) is -2.42. The van der Waals surface area contributed by atoms with E-state index in [0.717, 1.165) is 83.5 Å².